The van der Waals surface area contributed by atoms with Crippen LogP contribution in [0, 0.1) is 5.92 Å². The number of methoxy groups -OCH3 is 2. The Bertz CT molecular complexity index is 1050. The van der Waals surface area contributed by atoms with Crippen LogP contribution in [0.25, 0.3) is 10.2 Å². The molecule has 1 saturated heterocycles. The molecule has 1 aliphatic heterocycles. The maximum Gasteiger partial charge on any atom is 0.229 e. The molecule has 1 amide bonds. The van der Waals surface area contributed by atoms with Crippen LogP contribution in [-0.2, 0) is 11.2 Å². The summed E-state index contributed by atoms with van der Waals surface area (Å²) in [6.07, 6.45) is 4.41. The number of hydrogen-bond acceptors (Lipinski definition) is 7. The van der Waals surface area contributed by atoms with E-state index in [0.717, 1.165) is 41.8 Å². The van der Waals surface area contributed by atoms with E-state index in [9.17, 15) is 4.79 Å². The van der Waals surface area contributed by atoms with Gasteiger partial charge in [-0.1, -0.05) is 6.92 Å². The Kier molecular flexibility index (Phi) is 6.03. The normalized spacial score (nSPS) is 16.5. The SMILES string of the molecule is CCc1cc2c(N3CCC[C@H](C(=O)Nc4ccc(OC)c(OC)c4)C3)ncnc2s1. The Labute approximate surface area is 180 Å². The smallest absolute Gasteiger partial charge is 0.229 e. The van der Waals surface area contributed by atoms with Gasteiger partial charge in [-0.2, -0.15) is 0 Å². The molecule has 0 spiro atoms. The first-order valence-electron chi connectivity index (χ1n) is 10.1. The molecule has 4 rings (SSSR count). The molecule has 8 heteroatoms. The number of rotatable bonds is 6. The molecule has 0 radical (unpaired) electrons. The predicted molar refractivity (Wildman–Crippen MR) is 120 cm³/mol. The highest BCUT2D eigenvalue weighted by atomic mass is 32.1. The summed E-state index contributed by atoms with van der Waals surface area (Å²) in [5, 5.41) is 4.11. The minimum Gasteiger partial charge on any atom is -0.493 e. The van der Waals surface area contributed by atoms with E-state index in [1.807, 2.05) is 6.07 Å². The van der Waals surface area contributed by atoms with Gasteiger partial charge >= 0.3 is 0 Å². The number of aromatic nitrogens is 2. The highest BCUT2D eigenvalue weighted by molar-refractivity contribution is 7.18. The first kappa shape index (κ1) is 20.4. The third-order valence-electron chi connectivity index (χ3n) is 5.45. The van der Waals surface area contributed by atoms with Gasteiger partial charge in [-0.3, -0.25) is 4.79 Å². The van der Waals surface area contributed by atoms with Crippen molar-refractivity contribution in [1.29, 1.82) is 0 Å². The largest absolute Gasteiger partial charge is 0.493 e. The second kappa shape index (κ2) is 8.87. The molecular formula is C22H26N4O3S. The van der Waals surface area contributed by atoms with Crippen molar-refractivity contribution in [2.45, 2.75) is 26.2 Å². The fraction of sp³-hybridized carbons (Fsp3) is 0.409. The summed E-state index contributed by atoms with van der Waals surface area (Å²) < 4.78 is 10.6. The van der Waals surface area contributed by atoms with Crippen molar-refractivity contribution in [2.75, 3.05) is 37.5 Å². The number of nitrogens with zero attached hydrogens (tertiary/aromatic N) is 3. The molecule has 7 nitrogen and oxygen atoms in total. The summed E-state index contributed by atoms with van der Waals surface area (Å²) in [7, 11) is 3.17. The predicted octanol–water partition coefficient (Wildman–Crippen LogP) is 4.13. The van der Waals surface area contributed by atoms with Gasteiger partial charge in [-0.15, -0.1) is 11.3 Å². The van der Waals surface area contributed by atoms with E-state index in [1.54, 1.807) is 44.0 Å². The second-order valence-electron chi connectivity index (χ2n) is 7.33. The first-order chi connectivity index (χ1) is 14.6. The van der Waals surface area contributed by atoms with Gasteiger partial charge in [0.2, 0.25) is 5.91 Å². The van der Waals surface area contributed by atoms with E-state index in [2.05, 4.69) is 33.2 Å². The monoisotopic (exact) mass is 426 g/mol. The number of carbonyl (C=O) groups is 1. The lowest BCUT2D eigenvalue weighted by atomic mass is 9.96. The van der Waals surface area contributed by atoms with E-state index in [-0.39, 0.29) is 11.8 Å². The van der Waals surface area contributed by atoms with Gasteiger partial charge in [0.15, 0.2) is 11.5 Å². The topological polar surface area (TPSA) is 76.6 Å². The number of nitrogens with one attached hydrogen (secondary N) is 1. The van der Waals surface area contributed by atoms with Gasteiger partial charge in [-0.05, 0) is 37.5 Å². The number of benzene rings is 1. The lowest BCUT2D eigenvalue weighted by molar-refractivity contribution is -0.120. The van der Waals surface area contributed by atoms with Gasteiger partial charge in [0.05, 0.1) is 25.5 Å². The molecule has 1 fully saturated rings. The van der Waals surface area contributed by atoms with Gasteiger partial charge in [0.1, 0.15) is 17.0 Å². The zero-order chi connectivity index (χ0) is 21.1. The maximum absolute atomic E-state index is 13.0. The maximum atomic E-state index is 13.0. The van der Waals surface area contributed by atoms with Crippen molar-refractivity contribution in [2.24, 2.45) is 5.92 Å². The molecule has 158 valence electrons. The number of anilines is 2. The Morgan fingerprint density at radius 1 is 1.23 bits per heavy atom. The molecule has 1 atom stereocenters. The standard InChI is InChI=1S/C22H26N4O3S/c1-4-16-11-17-20(23-13-24-22(17)30-16)26-9-5-6-14(12-26)21(27)25-15-7-8-18(28-2)19(10-15)29-3/h7-8,10-11,13-14H,4-6,9,12H2,1-3H3,(H,25,27)/t14-/m0/s1. The fourth-order valence-corrected chi connectivity index (χ4v) is 4.79. The lowest BCUT2D eigenvalue weighted by Gasteiger charge is -2.33. The molecule has 1 N–H and O–H groups in total. The van der Waals surface area contributed by atoms with Crippen LogP contribution >= 0.6 is 11.3 Å². The lowest BCUT2D eigenvalue weighted by Crippen LogP contribution is -2.41. The molecule has 2 aromatic heterocycles. The molecular weight excluding hydrogens is 400 g/mol. The second-order valence-corrected chi connectivity index (χ2v) is 8.44. The summed E-state index contributed by atoms with van der Waals surface area (Å²) in [6.45, 7) is 3.68. The van der Waals surface area contributed by atoms with Crippen LogP contribution < -0.4 is 19.7 Å². The van der Waals surface area contributed by atoms with Gasteiger partial charge in [0.25, 0.3) is 0 Å². The van der Waals surface area contributed by atoms with Crippen LogP contribution in [0.1, 0.15) is 24.6 Å². The number of thiophene rings is 1. The average molecular weight is 427 g/mol. The highest BCUT2D eigenvalue weighted by Gasteiger charge is 2.28. The van der Waals surface area contributed by atoms with Gasteiger partial charge in [-0.25, -0.2) is 9.97 Å². The van der Waals surface area contributed by atoms with Crippen LogP contribution in [0.3, 0.4) is 0 Å². The molecule has 0 unspecified atom stereocenters. The molecule has 30 heavy (non-hydrogen) atoms. The molecule has 1 aromatic carbocycles. The van der Waals surface area contributed by atoms with Crippen LogP contribution in [0.15, 0.2) is 30.6 Å². The van der Waals surface area contributed by atoms with Crippen molar-refractivity contribution in [3.05, 3.63) is 35.5 Å². The number of fused-ring (bicyclic) bond motifs is 1. The number of piperidine rings is 1. The van der Waals surface area contributed by atoms with Crippen molar-refractivity contribution >= 4 is 39.0 Å². The fourth-order valence-electron chi connectivity index (χ4n) is 3.86. The molecule has 0 saturated carbocycles. The minimum absolute atomic E-state index is 0.0109. The van der Waals surface area contributed by atoms with E-state index in [1.165, 1.54) is 4.88 Å². The van der Waals surface area contributed by atoms with Gasteiger partial charge < -0.3 is 19.7 Å². The quantitative estimate of drug-likeness (QED) is 0.639. The third-order valence-corrected chi connectivity index (χ3v) is 6.64. The zero-order valence-corrected chi connectivity index (χ0v) is 18.3. The number of aryl methyl sites for hydroxylation is 1. The zero-order valence-electron chi connectivity index (χ0n) is 17.5. The highest BCUT2D eigenvalue weighted by Crippen LogP contribution is 2.33. The number of hydrogen-bond donors (Lipinski definition) is 1. The number of amides is 1. The van der Waals surface area contributed by atoms with Crippen LogP contribution in [-0.4, -0.2) is 43.2 Å². The Morgan fingerprint density at radius 2 is 2.07 bits per heavy atom. The number of ether oxygens (including phenoxy) is 2. The Morgan fingerprint density at radius 3 is 2.83 bits per heavy atom. The van der Waals surface area contributed by atoms with Crippen molar-refractivity contribution < 1.29 is 14.3 Å². The summed E-state index contributed by atoms with van der Waals surface area (Å²) in [6, 6.07) is 7.58. The molecule has 0 aliphatic carbocycles. The summed E-state index contributed by atoms with van der Waals surface area (Å²) in [5.41, 5.74) is 0.699. The van der Waals surface area contributed by atoms with Gasteiger partial charge in [0, 0.05) is 29.7 Å². The van der Waals surface area contributed by atoms with Crippen molar-refractivity contribution in [1.82, 2.24) is 9.97 Å². The Hall–Kier alpha value is -2.87. The minimum atomic E-state index is -0.110. The third kappa shape index (κ3) is 4.05. The van der Waals surface area contributed by atoms with E-state index in [4.69, 9.17) is 9.47 Å². The molecule has 3 aromatic rings. The van der Waals surface area contributed by atoms with E-state index in [0.29, 0.717) is 23.7 Å². The van der Waals surface area contributed by atoms with E-state index < -0.39 is 0 Å². The first-order valence-corrected chi connectivity index (χ1v) is 11.0. The summed E-state index contributed by atoms with van der Waals surface area (Å²) >= 11 is 1.71. The van der Waals surface area contributed by atoms with Crippen LogP contribution in [0.5, 0.6) is 11.5 Å². The molecule has 0 bridgehead atoms. The Balaban J connectivity index is 1.50. The van der Waals surface area contributed by atoms with E-state index >= 15 is 0 Å². The molecule has 3 heterocycles. The molecule has 1 aliphatic rings. The van der Waals surface area contributed by atoms with Crippen molar-refractivity contribution in [3.63, 3.8) is 0 Å². The summed E-state index contributed by atoms with van der Waals surface area (Å²) in [4.78, 5) is 26.5. The van der Waals surface area contributed by atoms with Crippen molar-refractivity contribution in [3.8, 4) is 11.5 Å². The average Bonchev–Trinajstić information content (AvgIpc) is 3.22. The summed E-state index contributed by atoms with van der Waals surface area (Å²) in [5.74, 6) is 2.06. The van der Waals surface area contributed by atoms with Crippen LogP contribution in [0.4, 0.5) is 11.5 Å². The number of carbonyl (C=O) groups excluding carboxylic acids is 1. The van der Waals surface area contributed by atoms with Crippen LogP contribution in [0.2, 0.25) is 0 Å².